The van der Waals surface area contributed by atoms with Crippen LogP contribution >= 0.6 is 0 Å². The van der Waals surface area contributed by atoms with Crippen molar-refractivity contribution < 1.29 is 32.3 Å². The number of fused-ring (bicyclic) bond motifs is 2. The van der Waals surface area contributed by atoms with Gasteiger partial charge in [0.1, 0.15) is 22.7 Å². The first-order valence-corrected chi connectivity index (χ1v) is 18.7. The van der Waals surface area contributed by atoms with Crippen molar-refractivity contribution in [1.82, 2.24) is 30.0 Å². The normalized spacial score (nSPS) is 20.2. The molecule has 55 heavy (non-hydrogen) atoms. The average Bonchev–Trinajstić information content (AvgIpc) is 3.62. The van der Waals surface area contributed by atoms with Gasteiger partial charge in [0.15, 0.2) is 0 Å². The number of alkyl halides is 3. The van der Waals surface area contributed by atoms with E-state index in [4.69, 9.17) is 9.84 Å². The number of imide groups is 1. The smallest absolute Gasteiger partial charge is 0.433 e. The van der Waals surface area contributed by atoms with Crippen molar-refractivity contribution in [2.24, 2.45) is 5.92 Å². The standard InChI is InChI=1S/C40H41F3N8O4/c1-55-34-19-27(45-38(53)32-6-3-7-35(46-32)40(41,42)43)18-26-23-51(48-37(26)34)28-10-8-24(9-11-28)22-49-15-12-25(13-16-49)29-4-2-5-30-31(29)20-44-21-33(30)50-17-14-36(52)47-39(50)54/h2-7,18-21,23-25,28H,8-17,22H2,1H3,(H,45,53)(H,47,52,54). The van der Waals surface area contributed by atoms with Gasteiger partial charge in [0, 0.05) is 59.8 Å². The number of aromatic nitrogens is 4. The van der Waals surface area contributed by atoms with Gasteiger partial charge in [-0.2, -0.15) is 18.3 Å². The molecule has 2 N–H and O–H groups in total. The van der Waals surface area contributed by atoms with Crippen LogP contribution in [0, 0.1) is 5.92 Å². The molecule has 3 fully saturated rings. The summed E-state index contributed by atoms with van der Waals surface area (Å²) in [5, 5.41) is 12.7. The molecular formula is C40H41F3N8O4. The van der Waals surface area contributed by atoms with Gasteiger partial charge in [-0.3, -0.25) is 29.5 Å². The van der Waals surface area contributed by atoms with Gasteiger partial charge in [0.25, 0.3) is 5.91 Å². The lowest BCUT2D eigenvalue weighted by molar-refractivity contribution is -0.141. The number of carbonyl (C=O) groups is 3. The lowest BCUT2D eigenvalue weighted by Crippen LogP contribution is -2.49. The molecule has 0 atom stereocenters. The number of methoxy groups -OCH3 is 1. The molecule has 2 saturated heterocycles. The van der Waals surface area contributed by atoms with Crippen LogP contribution in [0.25, 0.3) is 21.7 Å². The highest BCUT2D eigenvalue weighted by molar-refractivity contribution is 6.10. The fraction of sp³-hybridized carbons (Fsp3) is 0.400. The number of ether oxygens (including phenoxy) is 1. The second-order valence-corrected chi connectivity index (χ2v) is 14.7. The Balaban J connectivity index is 0.869. The number of halogens is 3. The summed E-state index contributed by atoms with van der Waals surface area (Å²) in [7, 11) is 1.51. The third-order valence-corrected chi connectivity index (χ3v) is 11.2. The highest BCUT2D eigenvalue weighted by atomic mass is 19.4. The van der Waals surface area contributed by atoms with E-state index in [0.29, 0.717) is 35.3 Å². The van der Waals surface area contributed by atoms with Gasteiger partial charge < -0.3 is 15.0 Å². The Bertz CT molecular complexity index is 2260. The van der Waals surface area contributed by atoms with Crippen LogP contribution in [0.5, 0.6) is 5.75 Å². The predicted molar refractivity (Wildman–Crippen MR) is 200 cm³/mol. The molecule has 286 valence electrons. The van der Waals surface area contributed by atoms with E-state index in [9.17, 15) is 27.6 Å². The van der Waals surface area contributed by atoms with Gasteiger partial charge in [-0.05, 0) is 87.2 Å². The molecule has 2 aliphatic heterocycles. The molecule has 4 amide bonds. The second-order valence-electron chi connectivity index (χ2n) is 14.7. The van der Waals surface area contributed by atoms with Gasteiger partial charge in [-0.1, -0.05) is 24.3 Å². The third kappa shape index (κ3) is 7.57. The van der Waals surface area contributed by atoms with Crippen molar-refractivity contribution in [3.8, 4) is 5.75 Å². The monoisotopic (exact) mass is 754 g/mol. The van der Waals surface area contributed by atoms with E-state index >= 15 is 0 Å². The molecule has 0 spiro atoms. The number of pyridine rings is 2. The van der Waals surface area contributed by atoms with Gasteiger partial charge in [-0.25, -0.2) is 9.78 Å². The first-order chi connectivity index (χ1) is 26.5. The van der Waals surface area contributed by atoms with Crippen LogP contribution in [-0.4, -0.2) is 75.8 Å². The Morgan fingerprint density at radius 1 is 0.964 bits per heavy atom. The maximum Gasteiger partial charge on any atom is 0.433 e. The number of nitrogens with zero attached hydrogens (tertiary/aromatic N) is 6. The van der Waals surface area contributed by atoms with Crippen LogP contribution in [0.4, 0.5) is 29.3 Å². The van der Waals surface area contributed by atoms with E-state index in [1.165, 1.54) is 18.7 Å². The Labute approximate surface area is 315 Å². The van der Waals surface area contributed by atoms with E-state index < -0.39 is 23.8 Å². The first kappa shape index (κ1) is 36.4. The van der Waals surface area contributed by atoms with Crippen molar-refractivity contribution in [3.63, 3.8) is 0 Å². The van der Waals surface area contributed by atoms with E-state index in [1.807, 2.05) is 23.1 Å². The maximum absolute atomic E-state index is 13.1. The number of hydrogen-bond acceptors (Lipinski definition) is 8. The summed E-state index contributed by atoms with van der Waals surface area (Å²) in [4.78, 5) is 49.3. The zero-order valence-corrected chi connectivity index (χ0v) is 30.3. The van der Waals surface area contributed by atoms with Crippen LogP contribution in [0.15, 0.2) is 67.1 Å². The fourth-order valence-corrected chi connectivity index (χ4v) is 8.40. The van der Waals surface area contributed by atoms with Crippen molar-refractivity contribution in [3.05, 3.63) is 84.1 Å². The number of likely N-dealkylation sites (tertiary alicyclic amines) is 1. The third-order valence-electron chi connectivity index (χ3n) is 11.2. The number of amides is 4. The minimum Gasteiger partial charge on any atom is -0.494 e. The Morgan fingerprint density at radius 3 is 2.49 bits per heavy atom. The zero-order chi connectivity index (χ0) is 38.3. The maximum atomic E-state index is 13.1. The summed E-state index contributed by atoms with van der Waals surface area (Å²) >= 11 is 0. The molecular weight excluding hydrogens is 713 g/mol. The highest BCUT2D eigenvalue weighted by Gasteiger charge is 2.33. The molecule has 0 bridgehead atoms. The summed E-state index contributed by atoms with van der Waals surface area (Å²) in [5.41, 5.74) is 1.52. The van der Waals surface area contributed by atoms with Crippen molar-refractivity contribution in [2.75, 3.05) is 43.5 Å². The van der Waals surface area contributed by atoms with Crippen molar-refractivity contribution >= 4 is 50.9 Å². The molecule has 1 saturated carbocycles. The number of urea groups is 1. The topological polar surface area (TPSA) is 135 Å². The summed E-state index contributed by atoms with van der Waals surface area (Å²) < 4.78 is 47.0. The van der Waals surface area contributed by atoms with Gasteiger partial charge in [0.2, 0.25) is 5.91 Å². The number of carbonyl (C=O) groups excluding carboxylic acids is 3. The summed E-state index contributed by atoms with van der Waals surface area (Å²) in [6, 6.07) is 12.6. The van der Waals surface area contributed by atoms with Crippen LogP contribution in [0.3, 0.4) is 0 Å². The minimum atomic E-state index is -4.66. The second kappa shape index (κ2) is 14.9. The number of nitrogens with one attached hydrogen (secondary N) is 2. The largest absolute Gasteiger partial charge is 0.494 e. The number of hydrogen-bond donors (Lipinski definition) is 2. The molecule has 15 heteroatoms. The highest BCUT2D eigenvalue weighted by Crippen LogP contribution is 2.39. The number of rotatable bonds is 8. The molecule has 5 aromatic rings. The van der Waals surface area contributed by atoms with Crippen LogP contribution in [0.1, 0.15) is 78.7 Å². The molecule has 0 unspecified atom stereocenters. The van der Waals surface area contributed by atoms with Crippen LogP contribution < -0.4 is 20.3 Å². The number of anilines is 2. The quantitative estimate of drug-likeness (QED) is 0.168. The van der Waals surface area contributed by atoms with Crippen molar-refractivity contribution in [2.45, 2.75) is 63.1 Å². The SMILES string of the molecule is COc1cc(NC(=O)c2cccc(C(F)(F)F)n2)cc2cn(C3CCC(CN4CCC(c5cccc6c(N7CCC(=O)NC7=O)cncc56)CC4)CC3)nc12. The van der Waals surface area contributed by atoms with Crippen LogP contribution in [-0.2, 0) is 11.0 Å². The fourth-order valence-electron chi connectivity index (χ4n) is 8.40. The summed E-state index contributed by atoms with van der Waals surface area (Å²) in [5.74, 6) is 0.414. The molecule has 0 radical (unpaired) electrons. The Hall–Kier alpha value is -5.57. The molecule has 2 aromatic carbocycles. The molecule has 3 aliphatic rings. The van der Waals surface area contributed by atoms with Gasteiger partial charge in [0.05, 0.1) is 25.0 Å². The molecule has 3 aromatic heterocycles. The van der Waals surface area contributed by atoms with Gasteiger partial charge >= 0.3 is 12.2 Å². The number of piperidine rings is 1. The van der Waals surface area contributed by atoms with E-state index in [2.05, 4.69) is 37.6 Å². The van der Waals surface area contributed by atoms with E-state index in [-0.39, 0.29) is 24.1 Å². The first-order valence-electron chi connectivity index (χ1n) is 18.7. The van der Waals surface area contributed by atoms with E-state index in [0.717, 1.165) is 92.1 Å². The average molecular weight is 755 g/mol. The summed E-state index contributed by atoms with van der Waals surface area (Å²) in [6.07, 6.45) is 7.35. The summed E-state index contributed by atoms with van der Waals surface area (Å²) in [6.45, 7) is 3.42. The predicted octanol–water partition coefficient (Wildman–Crippen LogP) is 7.32. The Kier molecular flexibility index (Phi) is 9.88. The van der Waals surface area contributed by atoms with Crippen LogP contribution in [0.2, 0.25) is 0 Å². The van der Waals surface area contributed by atoms with E-state index in [1.54, 1.807) is 23.2 Å². The minimum absolute atomic E-state index is 0.216. The molecule has 1 aliphatic carbocycles. The molecule has 5 heterocycles. The van der Waals surface area contributed by atoms with Gasteiger partial charge in [-0.15, -0.1) is 0 Å². The Morgan fingerprint density at radius 2 is 1.75 bits per heavy atom. The molecule has 8 rings (SSSR count). The zero-order valence-electron chi connectivity index (χ0n) is 30.3. The molecule has 12 nitrogen and oxygen atoms in total. The van der Waals surface area contributed by atoms with Crippen molar-refractivity contribution in [1.29, 1.82) is 0 Å². The lowest BCUT2D eigenvalue weighted by Gasteiger charge is -2.37. The lowest BCUT2D eigenvalue weighted by atomic mass is 9.84. The number of benzene rings is 2.